The highest BCUT2D eigenvalue weighted by atomic mass is 35.5. The quantitative estimate of drug-likeness (QED) is 0.876. The first-order valence-electron chi connectivity index (χ1n) is 6.23. The van der Waals surface area contributed by atoms with E-state index in [0.29, 0.717) is 5.02 Å². The van der Waals surface area contributed by atoms with Gasteiger partial charge in [-0.1, -0.05) is 18.5 Å². The topological polar surface area (TPSA) is 52.0 Å². The highest BCUT2D eigenvalue weighted by Crippen LogP contribution is 2.23. The zero-order valence-electron chi connectivity index (χ0n) is 10.8. The Hall–Kier alpha value is -0.970. The van der Waals surface area contributed by atoms with E-state index in [-0.39, 0.29) is 6.04 Å². The molecule has 0 spiro atoms. The second-order valence-corrected chi connectivity index (χ2v) is 5.78. The summed E-state index contributed by atoms with van der Waals surface area (Å²) in [4.78, 5) is 4.28. The van der Waals surface area contributed by atoms with Gasteiger partial charge in [0.05, 0.1) is 11.9 Å². The van der Waals surface area contributed by atoms with Gasteiger partial charge in [-0.25, -0.2) is 4.98 Å². The normalized spacial score (nSPS) is 12.6. The van der Waals surface area contributed by atoms with Crippen LogP contribution in [0.1, 0.15) is 19.2 Å². The van der Waals surface area contributed by atoms with Crippen molar-refractivity contribution in [3.63, 3.8) is 0 Å². The molecule has 0 radical (unpaired) electrons. The largest absolute Gasteiger partial charge is 0.440 e. The molecule has 0 aliphatic heterocycles. The molecule has 1 unspecified atom stereocenters. The first-order chi connectivity index (χ1) is 9.19. The smallest absolute Gasteiger partial charge is 0.204 e. The molecule has 102 valence electrons. The van der Waals surface area contributed by atoms with Crippen LogP contribution in [0.3, 0.4) is 0 Å². The van der Waals surface area contributed by atoms with E-state index in [9.17, 15) is 0 Å². The average Bonchev–Trinajstić information content (AvgIpc) is 2.88. The van der Waals surface area contributed by atoms with E-state index in [4.69, 9.17) is 21.8 Å². The number of oxazole rings is 1. The molecule has 2 rings (SSSR count). The Morgan fingerprint density at radius 3 is 2.79 bits per heavy atom. The molecule has 19 heavy (non-hydrogen) atoms. The first kappa shape index (κ1) is 14.4. The summed E-state index contributed by atoms with van der Waals surface area (Å²) in [5, 5.41) is 0.715. The van der Waals surface area contributed by atoms with Crippen LogP contribution >= 0.6 is 23.4 Å². The number of hydrogen-bond acceptors (Lipinski definition) is 4. The van der Waals surface area contributed by atoms with Crippen molar-refractivity contribution in [2.75, 3.05) is 5.75 Å². The molecule has 0 amide bonds. The number of halogens is 1. The highest BCUT2D eigenvalue weighted by Gasteiger charge is 2.07. The lowest BCUT2D eigenvalue weighted by atomic mass is 10.2. The predicted octanol–water partition coefficient (Wildman–Crippen LogP) is 3.97. The fourth-order valence-corrected chi connectivity index (χ4v) is 2.63. The molecule has 0 bridgehead atoms. The van der Waals surface area contributed by atoms with Crippen molar-refractivity contribution in [3.8, 4) is 11.3 Å². The van der Waals surface area contributed by atoms with Crippen molar-refractivity contribution in [2.24, 2.45) is 5.73 Å². The molecule has 0 aliphatic rings. The van der Waals surface area contributed by atoms with Crippen LogP contribution in [0.25, 0.3) is 11.3 Å². The Morgan fingerprint density at radius 2 is 2.11 bits per heavy atom. The van der Waals surface area contributed by atoms with Gasteiger partial charge in [0.25, 0.3) is 0 Å². The molecule has 0 fully saturated rings. The maximum Gasteiger partial charge on any atom is 0.204 e. The molecule has 1 aromatic carbocycles. The van der Waals surface area contributed by atoms with Crippen LogP contribution in [0, 0.1) is 0 Å². The molecule has 1 heterocycles. The summed E-state index contributed by atoms with van der Waals surface area (Å²) in [6.07, 6.45) is 2.74. The number of benzene rings is 1. The number of thioether (sulfide) groups is 1. The van der Waals surface area contributed by atoms with Crippen molar-refractivity contribution >= 4 is 23.4 Å². The SMILES string of the molecule is CCC(N)CSCc1ncc(-c2ccc(Cl)cc2)o1. The van der Waals surface area contributed by atoms with E-state index in [2.05, 4.69) is 11.9 Å². The third-order valence-electron chi connectivity index (χ3n) is 2.76. The van der Waals surface area contributed by atoms with Gasteiger partial charge in [0.1, 0.15) is 0 Å². The molecule has 1 atom stereocenters. The second kappa shape index (κ2) is 6.98. The van der Waals surface area contributed by atoms with Gasteiger partial charge in [0.15, 0.2) is 5.76 Å². The summed E-state index contributed by atoms with van der Waals surface area (Å²) in [5.41, 5.74) is 6.85. The Bertz CT molecular complexity index is 512. The van der Waals surface area contributed by atoms with Crippen LogP contribution in [0.15, 0.2) is 34.9 Å². The third-order valence-corrected chi connectivity index (χ3v) is 4.13. The number of hydrogen-bond donors (Lipinski definition) is 1. The standard InChI is InChI=1S/C14H17ClN2OS/c1-2-12(16)8-19-9-14-17-7-13(18-14)10-3-5-11(15)6-4-10/h3-7,12H,2,8-9,16H2,1H3. The van der Waals surface area contributed by atoms with E-state index in [0.717, 1.165) is 35.1 Å². The number of nitrogens with two attached hydrogens (primary N) is 1. The third kappa shape index (κ3) is 4.27. The summed E-state index contributed by atoms with van der Waals surface area (Å²) in [6.45, 7) is 2.09. The van der Waals surface area contributed by atoms with Crippen molar-refractivity contribution < 1.29 is 4.42 Å². The minimum atomic E-state index is 0.246. The lowest BCUT2D eigenvalue weighted by molar-refractivity contribution is 0.530. The van der Waals surface area contributed by atoms with Gasteiger partial charge in [0, 0.05) is 22.4 Å². The fraction of sp³-hybridized carbons (Fsp3) is 0.357. The lowest BCUT2D eigenvalue weighted by Crippen LogP contribution is -2.21. The Balaban J connectivity index is 1.93. The van der Waals surface area contributed by atoms with Crippen LogP contribution in [0.4, 0.5) is 0 Å². The van der Waals surface area contributed by atoms with Gasteiger partial charge < -0.3 is 10.2 Å². The van der Waals surface area contributed by atoms with Gasteiger partial charge in [-0.2, -0.15) is 11.8 Å². The molecule has 0 saturated heterocycles. The molecular weight excluding hydrogens is 280 g/mol. The van der Waals surface area contributed by atoms with E-state index in [1.165, 1.54) is 0 Å². The molecule has 5 heteroatoms. The number of aromatic nitrogens is 1. The molecule has 1 aromatic heterocycles. The summed E-state index contributed by atoms with van der Waals surface area (Å²) in [7, 11) is 0. The molecule has 2 N–H and O–H groups in total. The van der Waals surface area contributed by atoms with Crippen LogP contribution in [-0.2, 0) is 5.75 Å². The first-order valence-corrected chi connectivity index (χ1v) is 7.76. The zero-order valence-corrected chi connectivity index (χ0v) is 12.4. The van der Waals surface area contributed by atoms with Gasteiger partial charge in [0.2, 0.25) is 5.89 Å². The number of nitrogens with zero attached hydrogens (tertiary/aromatic N) is 1. The van der Waals surface area contributed by atoms with Gasteiger partial charge in [-0.05, 0) is 30.7 Å². The van der Waals surface area contributed by atoms with Crippen molar-refractivity contribution in [3.05, 3.63) is 41.4 Å². The van der Waals surface area contributed by atoms with Crippen LogP contribution in [-0.4, -0.2) is 16.8 Å². The van der Waals surface area contributed by atoms with E-state index < -0.39 is 0 Å². The van der Waals surface area contributed by atoms with E-state index >= 15 is 0 Å². The summed E-state index contributed by atoms with van der Waals surface area (Å²) in [6, 6.07) is 7.78. The summed E-state index contributed by atoms with van der Waals surface area (Å²) < 4.78 is 5.71. The Morgan fingerprint density at radius 1 is 1.37 bits per heavy atom. The maximum atomic E-state index is 5.86. The predicted molar refractivity (Wildman–Crippen MR) is 81.4 cm³/mol. The summed E-state index contributed by atoms with van der Waals surface area (Å²) in [5.74, 6) is 3.18. The monoisotopic (exact) mass is 296 g/mol. The minimum absolute atomic E-state index is 0.246. The van der Waals surface area contributed by atoms with Crippen LogP contribution in [0.2, 0.25) is 5.02 Å². The van der Waals surface area contributed by atoms with Crippen LogP contribution in [0.5, 0.6) is 0 Å². The minimum Gasteiger partial charge on any atom is -0.440 e. The fourth-order valence-electron chi connectivity index (χ4n) is 1.54. The molecule has 3 nitrogen and oxygen atoms in total. The van der Waals surface area contributed by atoms with Crippen molar-refractivity contribution in [2.45, 2.75) is 25.1 Å². The average molecular weight is 297 g/mol. The molecule has 0 aliphatic carbocycles. The van der Waals surface area contributed by atoms with Gasteiger partial charge >= 0.3 is 0 Å². The second-order valence-electron chi connectivity index (χ2n) is 4.31. The molecule has 2 aromatic rings. The zero-order chi connectivity index (χ0) is 13.7. The van der Waals surface area contributed by atoms with Crippen LogP contribution < -0.4 is 5.73 Å². The van der Waals surface area contributed by atoms with Gasteiger partial charge in [-0.3, -0.25) is 0 Å². The molecule has 0 saturated carbocycles. The Kier molecular flexibility index (Phi) is 5.31. The van der Waals surface area contributed by atoms with E-state index in [1.54, 1.807) is 18.0 Å². The van der Waals surface area contributed by atoms with Gasteiger partial charge in [-0.15, -0.1) is 0 Å². The lowest BCUT2D eigenvalue weighted by Gasteiger charge is -2.05. The number of rotatable bonds is 6. The summed E-state index contributed by atoms with van der Waals surface area (Å²) >= 11 is 7.60. The Labute approximate surface area is 122 Å². The molecular formula is C14H17ClN2OS. The van der Waals surface area contributed by atoms with E-state index in [1.807, 2.05) is 24.3 Å². The highest BCUT2D eigenvalue weighted by molar-refractivity contribution is 7.98. The van der Waals surface area contributed by atoms with Crippen molar-refractivity contribution in [1.29, 1.82) is 0 Å². The van der Waals surface area contributed by atoms with Crippen molar-refractivity contribution in [1.82, 2.24) is 4.98 Å². The maximum absolute atomic E-state index is 5.86.